The van der Waals surface area contributed by atoms with Crippen LogP contribution in [0, 0.1) is 6.92 Å². The first-order valence-electron chi connectivity index (χ1n) is 7.54. The van der Waals surface area contributed by atoms with E-state index in [0.29, 0.717) is 18.9 Å². The molecule has 0 saturated carbocycles. The maximum absolute atomic E-state index is 11.1. The van der Waals surface area contributed by atoms with Crippen molar-refractivity contribution in [3.8, 4) is 17.1 Å². The van der Waals surface area contributed by atoms with Gasteiger partial charge in [0, 0.05) is 17.0 Å². The molecule has 0 saturated heterocycles. The number of fused-ring (bicyclic) bond motifs is 5. The van der Waals surface area contributed by atoms with Crippen LogP contribution in [0.4, 0.5) is 0 Å². The van der Waals surface area contributed by atoms with Crippen molar-refractivity contribution in [1.29, 1.82) is 0 Å². The predicted octanol–water partition coefficient (Wildman–Crippen LogP) is 2.20. The summed E-state index contributed by atoms with van der Waals surface area (Å²) < 4.78 is 4.93. The molecule has 0 unspecified atom stereocenters. The minimum atomic E-state index is -0.0999. The molecule has 0 radical (unpaired) electrons. The van der Waals surface area contributed by atoms with E-state index in [1.165, 1.54) is 6.92 Å². The number of amides is 1. The molecule has 24 heavy (non-hydrogen) atoms. The molecule has 0 aliphatic carbocycles. The van der Waals surface area contributed by atoms with E-state index < -0.39 is 0 Å². The summed E-state index contributed by atoms with van der Waals surface area (Å²) in [6, 6.07) is 6.08. The van der Waals surface area contributed by atoms with Gasteiger partial charge < -0.3 is 9.88 Å². The average molecular weight is 387 g/mol. The summed E-state index contributed by atoms with van der Waals surface area (Å²) in [7, 11) is 0. The number of imidazole rings is 1. The lowest BCUT2D eigenvalue weighted by Crippen LogP contribution is -2.20. The number of hydrogen-bond donors (Lipinski definition) is 1. The van der Waals surface area contributed by atoms with E-state index in [-0.39, 0.29) is 5.91 Å². The molecule has 0 bridgehead atoms. The Balaban J connectivity index is 1.89. The van der Waals surface area contributed by atoms with E-state index >= 15 is 0 Å². The average Bonchev–Trinajstić information content (AvgIpc) is 3.07. The summed E-state index contributed by atoms with van der Waals surface area (Å²) in [5, 5.41) is 7.31. The minimum Gasteiger partial charge on any atom is -0.349 e. The van der Waals surface area contributed by atoms with Crippen LogP contribution in [0.25, 0.3) is 17.1 Å². The van der Waals surface area contributed by atoms with Gasteiger partial charge in [-0.25, -0.2) is 14.6 Å². The first-order valence-corrected chi connectivity index (χ1v) is 8.33. The van der Waals surface area contributed by atoms with Crippen molar-refractivity contribution in [1.82, 2.24) is 29.6 Å². The Morgan fingerprint density at radius 3 is 3.04 bits per heavy atom. The first kappa shape index (κ1) is 15.1. The van der Waals surface area contributed by atoms with Gasteiger partial charge in [0.15, 0.2) is 11.6 Å². The van der Waals surface area contributed by atoms with E-state index in [2.05, 4.69) is 40.9 Å². The van der Waals surface area contributed by atoms with Gasteiger partial charge >= 0.3 is 0 Å². The second-order valence-electron chi connectivity index (χ2n) is 5.73. The Hall–Kier alpha value is -2.48. The van der Waals surface area contributed by atoms with Gasteiger partial charge in [0.25, 0.3) is 0 Å². The topological polar surface area (TPSA) is 77.6 Å². The van der Waals surface area contributed by atoms with Gasteiger partial charge in [0.1, 0.15) is 0 Å². The highest BCUT2D eigenvalue weighted by Gasteiger charge is 2.24. The summed E-state index contributed by atoms with van der Waals surface area (Å²) in [6.07, 6.45) is 1.84. The predicted molar refractivity (Wildman–Crippen MR) is 91.6 cm³/mol. The molecule has 0 fully saturated rings. The highest BCUT2D eigenvalue weighted by molar-refractivity contribution is 9.10. The van der Waals surface area contributed by atoms with Crippen LogP contribution in [0.1, 0.15) is 24.1 Å². The fourth-order valence-electron chi connectivity index (χ4n) is 2.88. The lowest BCUT2D eigenvalue weighted by atomic mass is 10.1. The highest BCUT2D eigenvalue weighted by Crippen LogP contribution is 2.33. The van der Waals surface area contributed by atoms with Crippen molar-refractivity contribution in [2.24, 2.45) is 0 Å². The zero-order chi connectivity index (χ0) is 16.8. The number of aromatic nitrogens is 5. The molecule has 0 spiro atoms. The van der Waals surface area contributed by atoms with E-state index in [0.717, 1.165) is 32.9 Å². The largest absolute Gasteiger partial charge is 0.349 e. The number of carbonyl (C=O) groups is 1. The molecule has 3 heterocycles. The van der Waals surface area contributed by atoms with Crippen molar-refractivity contribution in [3.05, 3.63) is 46.2 Å². The monoisotopic (exact) mass is 386 g/mol. The van der Waals surface area contributed by atoms with Gasteiger partial charge in [-0.3, -0.25) is 4.79 Å². The Morgan fingerprint density at radius 2 is 2.25 bits per heavy atom. The van der Waals surface area contributed by atoms with Gasteiger partial charge in [-0.1, -0.05) is 15.9 Å². The van der Waals surface area contributed by atoms with Crippen LogP contribution >= 0.6 is 15.9 Å². The summed E-state index contributed by atoms with van der Waals surface area (Å²) in [5.41, 5.74) is 4.04. The second-order valence-corrected chi connectivity index (χ2v) is 6.64. The minimum absolute atomic E-state index is 0.0999. The van der Waals surface area contributed by atoms with Crippen LogP contribution in [-0.4, -0.2) is 30.2 Å². The number of aryl methyl sites for hydroxylation is 1. The van der Waals surface area contributed by atoms with Crippen LogP contribution in [-0.2, 0) is 17.9 Å². The molecule has 2 aromatic heterocycles. The molecule has 4 rings (SSSR count). The van der Waals surface area contributed by atoms with E-state index in [9.17, 15) is 4.79 Å². The molecular weight excluding hydrogens is 372 g/mol. The maximum atomic E-state index is 11.1. The zero-order valence-corrected chi connectivity index (χ0v) is 14.8. The second kappa shape index (κ2) is 5.55. The van der Waals surface area contributed by atoms with Crippen molar-refractivity contribution in [2.75, 3.05) is 0 Å². The lowest BCUT2D eigenvalue weighted by Gasteiger charge is -2.08. The number of carbonyl (C=O) groups excluding carboxylic acids is 1. The quantitative estimate of drug-likeness (QED) is 0.572. The molecular formula is C16H15BrN6O. The van der Waals surface area contributed by atoms with Crippen LogP contribution in [0.15, 0.2) is 29.0 Å². The van der Waals surface area contributed by atoms with Crippen molar-refractivity contribution < 1.29 is 4.79 Å². The van der Waals surface area contributed by atoms with Crippen molar-refractivity contribution >= 4 is 21.8 Å². The lowest BCUT2D eigenvalue weighted by molar-refractivity contribution is -0.119. The van der Waals surface area contributed by atoms with E-state index in [4.69, 9.17) is 0 Å². The van der Waals surface area contributed by atoms with Gasteiger partial charge in [0.05, 0.1) is 36.5 Å². The molecule has 1 amide bonds. The Kier molecular flexibility index (Phi) is 3.49. The number of rotatable bonds is 2. The fourth-order valence-corrected chi connectivity index (χ4v) is 3.24. The van der Waals surface area contributed by atoms with Gasteiger partial charge in [-0.15, -0.1) is 0 Å². The highest BCUT2D eigenvalue weighted by atomic mass is 79.9. The smallest absolute Gasteiger partial charge is 0.217 e. The Labute approximate surface area is 146 Å². The molecule has 1 aromatic carbocycles. The Morgan fingerprint density at radius 1 is 1.42 bits per heavy atom. The third-order valence-electron chi connectivity index (χ3n) is 4.04. The summed E-state index contributed by atoms with van der Waals surface area (Å²) in [4.78, 5) is 20.2. The van der Waals surface area contributed by atoms with E-state index in [1.54, 1.807) is 0 Å². The first-order chi connectivity index (χ1) is 11.5. The fraction of sp³-hybridized carbons (Fsp3) is 0.250. The normalized spacial score (nSPS) is 12.1. The van der Waals surface area contributed by atoms with Crippen LogP contribution in [0.3, 0.4) is 0 Å². The van der Waals surface area contributed by atoms with Crippen LogP contribution in [0.5, 0.6) is 0 Å². The van der Waals surface area contributed by atoms with E-state index in [1.807, 2.05) is 36.1 Å². The summed E-state index contributed by atoms with van der Waals surface area (Å²) in [6.45, 7) is 4.37. The van der Waals surface area contributed by atoms with Crippen LogP contribution in [0.2, 0.25) is 0 Å². The SMILES string of the molecule is CC(=O)NCc1nc2n(n1)Cc1c(C)ncn1-c1ccc(Br)cc1-2. The third-order valence-corrected chi connectivity index (χ3v) is 4.54. The number of nitrogens with one attached hydrogen (secondary N) is 1. The molecule has 1 aliphatic heterocycles. The van der Waals surface area contributed by atoms with Gasteiger partial charge in [-0.05, 0) is 25.1 Å². The third kappa shape index (κ3) is 2.43. The summed E-state index contributed by atoms with van der Waals surface area (Å²) >= 11 is 3.53. The molecule has 3 aromatic rings. The molecule has 1 N–H and O–H groups in total. The van der Waals surface area contributed by atoms with Gasteiger partial charge in [-0.2, -0.15) is 5.10 Å². The Bertz CT molecular complexity index is 958. The number of benzene rings is 1. The van der Waals surface area contributed by atoms with Crippen molar-refractivity contribution in [2.45, 2.75) is 26.9 Å². The zero-order valence-electron chi connectivity index (χ0n) is 13.2. The number of hydrogen-bond acceptors (Lipinski definition) is 4. The van der Waals surface area contributed by atoms with Crippen LogP contribution < -0.4 is 5.32 Å². The van der Waals surface area contributed by atoms with Crippen molar-refractivity contribution in [3.63, 3.8) is 0 Å². The maximum Gasteiger partial charge on any atom is 0.217 e. The van der Waals surface area contributed by atoms with Gasteiger partial charge in [0.2, 0.25) is 5.91 Å². The molecule has 122 valence electrons. The number of halogens is 1. The molecule has 1 aliphatic rings. The molecule has 8 heteroatoms. The number of nitrogens with zero attached hydrogens (tertiary/aromatic N) is 5. The summed E-state index contributed by atoms with van der Waals surface area (Å²) in [5.74, 6) is 1.28. The standard InChI is InChI=1S/C16H15BrN6O/c1-9-14-7-23-16(20-15(21-23)6-18-10(2)24)12-5-11(17)3-4-13(12)22(14)8-19-9/h3-5,8H,6-7H2,1-2H3,(H,18,24). The molecule has 7 nitrogen and oxygen atoms in total. The molecule has 0 atom stereocenters.